The van der Waals surface area contributed by atoms with Crippen LogP contribution >= 0.6 is 11.3 Å². The monoisotopic (exact) mass is 336 g/mol. The van der Waals surface area contributed by atoms with Crippen molar-refractivity contribution in [1.82, 2.24) is 14.7 Å². The van der Waals surface area contributed by atoms with E-state index in [-0.39, 0.29) is 12.2 Å². The second-order valence-electron chi connectivity index (χ2n) is 5.80. The van der Waals surface area contributed by atoms with Crippen molar-refractivity contribution >= 4 is 17.0 Å². The van der Waals surface area contributed by atoms with Gasteiger partial charge in [0.1, 0.15) is 12.4 Å². The van der Waals surface area contributed by atoms with Crippen LogP contribution in [0.15, 0.2) is 23.8 Å². The van der Waals surface area contributed by atoms with Gasteiger partial charge in [-0.05, 0) is 29.9 Å². The van der Waals surface area contributed by atoms with E-state index in [1.165, 1.54) is 27.5 Å². The Morgan fingerprint density at radius 1 is 1.57 bits per heavy atom. The third kappa shape index (κ3) is 3.44. The number of aliphatic hydroxyl groups is 1. The van der Waals surface area contributed by atoms with Crippen molar-refractivity contribution in [3.05, 3.63) is 44.4 Å². The summed E-state index contributed by atoms with van der Waals surface area (Å²) >= 11 is 1.81. The Morgan fingerprint density at radius 3 is 3.09 bits per heavy atom. The Kier molecular flexibility index (Phi) is 4.74. The van der Waals surface area contributed by atoms with Crippen molar-refractivity contribution < 1.29 is 10.0 Å². The highest BCUT2D eigenvalue weighted by atomic mass is 32.1. The van der Waals surface area contributed by atoms with E-state index in [1.807, 2.05) is 0 Å². The molecule has 2 unspecified atom stereocenters. The molecule has 3 rings (SSSR count). The quantitative estimate of drug-likeness (QED) is 0.646. The summed E-state index contributed by atoms with van der Waals surface area (Å²) in [7, 11) is 0. The third-order valence-electron chi connectivity index (χ3n) is 4.27. The molecule has 8 heteroatoms. The Bertz CT molecular complexity index is 684. The van der Waals surface area contributed by atoms with Crippen LogP contribution in [0.1, 0.15) is 29.8 Å². The van der Waals surface area contributed by atoms with Crippen LogP contribution in [0.25, 0.3) is 0 Å². The van der Waals surface area contributed by atoms with E-state index >= 15 is 0 Å². The van der Waals surface area contributed by atoms with Crippen molar-refractivity contribution in [2.75, 3.05) is 13.1 Å². The Hall–Kier alpha value is -1.77. The highest BCUT2D eigenvalue weighted by Gasteiger charge is 2.28. The van der Waals surface area contributed by atoms with E-state index in [9.17, 15) is 15.2 Å². The van der Waals surface area contributed by atoms with Crippen molar-refractivity contribution in [1.29, 1.82) is 0 Å². The average Bonchev–Trinajstić information content (AvgIpc) is 3.15. The molecule has 0 aliphatic carbocycles. The lowest BCUT2D eigenvalue weighted by molar-refractivity contribution is -0.385. The first-order valence-electron chi connectivity index (χ1n) is 7.73. The van der Waals surface area contributed by atoms with Crippen LogP contribution < -0.4 is 0 Å². The highest BCUT2D eigenvalue weighted by Crippen LogP contribution is 2.35. The van der Waals surface area contributed by atoms with Crippen LogP contribution in [0.2, 0.25) is 0 Å². The maximum atomic E-state index is 10.7. The first kappa shape index (κ1) is 16.1. The zero-order chi connectivity index (χ0) is 16.4. The summed E-state index contributed by atoms with van der Waals surface area (Å²) in [6.45, 7) is 3.90. The second-order valence-corrected chi connectivity index (χ2v) is 6.80. The minimum absolute atomic E-state index is 0.0514. The SMILES string of the molecule is CCC1c2ccsc2CCN1CC(O)Cn1cc([N+](=O)[O-])cn1. The number of fused-ring (bicyclic) bond motifs is 1. The molecule has 3 heterocycles. The molecule has 0 saturated carbocycles. The van der Waals surface area contributed by atoms with Crippen molar-refractivity contribution in [3.8, 4) is 0 Å². The van der Waals surface area contributed by atoms with Crippen LogP contribution in [0, 0.1) is 10.1 Å². The number of thiophene rings is 1. The maximum absolute atomic E-state index is 10.7. The molecule has 0 radical (unpaired) electrons. The van der Waals surface area contributed by atoms with E-state index < -0.39 is 11.0 Å². The van der Waals surface area contributed by atoms with Gasteiger partial charge in [-0.1, -0.05) is 6.92 Å². The summed E-state index contributed by atoms with van der Waals surface area (Å²) < 4.78 is 1.43. The molecule has 0 saturated heterocycles. The first-order valence-corrected chi connectivity index (χ1v) is 8.61. The molecule has 7 nitrogen and oxygen atoms in total. The molecule has 0 fully saturated rings. The molecule has 0 aromatic carbocycles. The number of hydrogen-bond acceptors (Lipinski definition) is 6. The molecule has 2 atom stereocenters. The van der Waals surface area contributed by atoms with Crippen LogP contribution in [-0.4, -0.2) is 43.9 Å². The fourth-order valence-corrected chi connectivity index (χ4v) is 4.16. The topological polar surface area (TPSA) is 84.4 Å². The molecule has 23 heavy (non-hydrogen) atoms. The maximum Gasteiger partial charge on any atom is 0.306 e. The molecule has 0 bridgehead atoms. The van der Waals surface area contributed by atoms with Gasteiger partial charge in [0.2, 0.25) is 0 Å². The minimum Gasteiger partial charge on any atom is -0.390 e. The number of aromatic nitrogens is 2. The Balaban J connectivity index is 1.63. The zero-order valence-corrected chi connectivity index (χ0v) is 13.8. The number of nitrogens with zero attached hydrogens (tertiary/aromatic N) is 4. The van der Waals surface area contributed by atoms with Gasteiger partial charge in [-0.25, -0.2) is 0 Å². The Morgan fingerprint density at radius 2 is 2.39 bits per heavy atom. The van der Waals surface area contributed by atoms with Crippen LogP contribution in [0.3, 0.4) is 0 Å². The lowest BCUT2D eigenvalue weighted by Gasteiger charge is -2.36. The summed E-state index contributed by atoms with van der Waals surface area (Å²) in [5, 5.41) is 27.1. The van der Waals surface area contributed by atoms with E-state index in [0.29, 0.717) is 12.6 Å². The van der Waals surface area contributed by atoms with Gasteiger partial charge in [0, 0.05) is 24.0 Å². The van der Waals surface area contributed by atoms with Crippen molar-refractivity contribution in [2.45, 2.75) is 38.5 Å². The van der Waals surface area contributed by atoms with Gasteiger partial charge < -0.3 is 5.11 Å². The van der Waals surface area contributed by atoms with E-state index in [0.717, 1.165) is 19.4 Å². The minimum atomic E-state index is -0.608. The molecule has 1 aliphatic rings. The molecule has 1 N–H and O–H groups in total. The zero-order valence-electron chi connectivity index (χ0n) is 13.0. The smallest absolute Gasteiger partial charge is 0.306 e. The molecule has 0 spiro atoms. The van der Waals surface area contributed by atoms with Gasteiger partial charge in [-0.2, -0.15) is 5.10 Å². The lowest BCUT2D eigenvalue weighted by atomic mass is 9.97. The average molecular weight is 336 g/mol. The molecular weight excluding hydrogens is 316 g/mol. The van der Waals surface area contributed by atoms with Crippen LogP contribution in [0.5, 0.6) is 0 Å². The van der Waals surface area contributed by atoms with E-state index in [1.54, 1.807) is 11.3 Å². The number of rotatable bonds is 6. The number of β-amino-alcohol motifs (C(OH)–C–C–N with tert-alkyl or cyclic N) is 1. The fourth-order valence-electron chi connectivity index (χ4n) is 3.24. The molecular formula is C15H20N4O3S. The number of hydrogen-bond donors (Lipinski definition) is 1. The van der Waals surface area contributed by atoms with Gasteiger partial charge in [-0.3, -0.25) is 19.7 Å². The lowest BCUT2D eigenvalue weighted by Crippen LogP contribution is -2.40. The normalized spacial score (nSPS) is 19.5. The summed E-state index contributed by atoms with van der Waals surface area (Å²) in [5.74, 6) is 0. The standard InChI is InChI=1S/C15H20N4O3S/c1-2-14-13-4-6-23-15(13)3-5-17(14)9-12(20)10-18-8-11(7-16-18)19(21)22/h4,6-8,12,14,20H,2-3,5,9-10H2,1H3. The molecule has 2 aromatic rings. The van der Waals surface area contributed by atoms with Crippen LogP contribution in [-0.2, 0) is 13.0 Å². The highest BCUT2D eigenvalue weighted by molar-refractivity contribution is 7.10. The summed E-state index contributed by atoms with van der Waals surface area (Å²) in [6.07, 6.45) is 3.98. The van der Waals surface area contributed by atoms with Crippen LogP contribution in [0.4, 0.5) is 5.69 Å². The van der Waals surface area contributed by atoms with Crippen molar-refractivity contribution in [2.24, 2.45) is 0 Å². The summed E-state index contributed by atoms with van der Waals surface area (Å²) in [5.41, 5.74) is 1.33. The largest absolute Gasteiger partial charge is 0.390 e. The van der Waals surface area contributed by atoms with E-state index in [2.05, 4.69) is 28.4 Å². The van der Waals surface area contributed by atoms with Crippen molar-refractivity contribution in [3.63, 3.8) is 0 Å². The van der Waals surface area contributed by atoms with Gasteiger partial charge >= 0.3 is 5.69 Å². The van der Waals surface area contributed by atoms with Gasteiger partial charge in [-0.15, -0.1) is 11.3 Å². The molecule has 0 amide bonds. The molecule has 1 aliphatic heterocycles. The van der Waals surface area contributed by atoms with Gasteiger partial charge in [0.05, 0.1) is 17.6 Å². The first-order chi connectivity index (χ1) is 11.1. The third-order valence-corrected chi connectivity index (χ3v) is 5.26. The summed E-state index contributed by atoms with van der Waals surface area (Å²) in [6, 6.07) is 2.52. The van der Waals surface area contributed by atoms with Gasteiger partial charge in [0.15, 0.2) is 0 Å². The number of nitro groups is 1. The predicted octanol–water partition coefficient (Wildman–Crippen LogP) is 2.22. The fraction of sp³-hybridized carbons (Fsp3) is 0.533. The summed E-state index contributed by atoms with van der Waals surface area (Å²) in [4.78, 5) is 13.9. The molecule has 2 aromatic heterocycles. The predicted molar refractivity (Wildman–Crippen MR) is 87.5 cm³/mol. The van der Waals surface area contributed by atoms with Gasteiger partial charge in [0.25, 0.3) is 0 Å². The molecule has 124 valence electrons. The van der Waals surface area contributed by atoms with E-state index in [4.69, 9.17) is 0 Å². The Labute approximate surface area is 138 Å². The second kappa shape index (κ2) is 6.77. The number of aliphatic hydroxyl groups excluding tert-OH is 1.